The third-order valence-electron chi connectivity index (χ3n) is 6.42. The number of fused-ring (bicyclic) bond motifs is 1. The van der Waals surface area contributed by atoms with Gasteiger partial charge in [0.25, 0.3) is 0 Å². The molecule has 0 atom stereocenters. The predicted octanol–water partition coefficient (Wildman–Crippen LogP) is 4.32. The number of pyridine rings is 1. The quantitative estimate of drug-likeness (QED) is 0.371. The van der Waals surface area contributed by atoms with Gasteiger partial charge in [-0.25, -0.2) is 19.9 Å². The maximum atomic E-state index is 12.5. The Morgan fingerprint density at radius 3 is 2.63 bits per heavy atom. The molecular formula is C26H27F3N8O. The number of piperazine rings is 1. The largest absolute Gasteiger partial charge is 0.397 e. The van der Waals surface area contributed by atoms with Crippen molar-refractivity contribution >= 4 is 28.7 Å². The van der Waals surface area contributed by atoms with Gasteiger partial charge in [0.15, 0.2) is 0 Å². The van der Waals surface area contributed by atoms with Crippen molar-refractivity contribution in [3.05, 3.63) is 60.2 Å². The molecule has 2 N–H and O–H groups in total. The lowest BCUT2D eigenvalue weighted by molar-refractivity contribution is -0.162. The highest BCUT2D eigenvalue weighted by Gasteiger charge is 2.34. The zero-order chi connectivity index (χ0) is 26.7. The van der Waals surface area contributed by atoms with E-state index >= 15 is 0 Å². The lowest BCUT2D eigenvalue weighted by Crippen LogP contribution is -2.49. The molecule has 12 heteroatoms. The van der Waals surface area contributed by atoms with Crippen LogP contribution in [0.3, 0.4) is 0 Å². The smallest absolute Gasteiger partial charge is 0.340 e. The first-order chi connectivity index (χ1) is 18.3. The molecule has 1 saturated heterocycles. The summed E-state index contributed by atoms with van der Waals surface area (Å²) in [6, 6.07) is 11.7. The molecule has 198 valence electrons. The summed E-state index contributed by atoms with van der Waals surface area (Å²) in [4.78, 5) is 36.1. The molecule has 38 heavy (non-hydrogen) atoms. The molecular weight excluding hydrogens is 497 g/mol. The number of anilines is 2. The minimum Gasteiger partial charge on any atom is -0.340 e. The Kier molecular flexibility index (Phi) is 7.23. The number of aryl methyl sites for hydroxylation is 1. The second kappa shape index (κ2) is 10.7. The number of nitrogens with one attached hydrogen (secondary N) is 2. The number of amides is 1. The van der Waals surface area contributed by atoms with Crippen LogP contribution < -0.4 is 5.32 Å². The van der Waals surface area contributed by atoms with Crippen LogP contribution in [0, 0.1) is 0 Å². The average Bonchev–Trinajstić information content (AvgIpc) is 3.30. The van der Waals surface area contributed by atoms with Gasteiger partial charge in [-0.2, -0.15) is 13.2 Å². The number of aromatic nitrogens is 5. The van der Waals surface area contributed by atoms with Crippen molar-refractivity contribution in [1.82, 2.24) is 34.7 Å². The number of rotatable bonds is 7. The van der Waals surface area contributed by atoms with Crippen molar-refractivity contribution in [2.24, 2.45) is 0 Å². The Hall–Kier alpha value is -4.06. The fraction of sp³-hybridized carbons (Fsp3) is 0.346. The van der Waals surface area contributed by atoms with Gasteiger partial charge in [-0.05, 0) is 42.3 Å². The summed E-state index contributed by atoms with van der Waals surface area (Å²) in [7, 11) is 0. The van der Waals surface area contributed by atoms with Crippen LogP contribution in [0.15, 0.2) is 48.9 Å². The number of carbonyl (C=O) groups is 1. The van der Waals surface area contributed by atoms with Crippen LogP contribution in [0.5, 0.6) is 0 Å². The fourth-order valence-corrected chi connectivity index (χ4v) is 4.44. The topological polar surface area (TPSA) is 103 Å². The molecule has 0 saturated carbocycles. The number of H-pyrrole nitrogens is 1. The van der Waals surface area contributed by atoms with Crippen LogP contribution in [0.1, 0.15) is 24.6 Å². The molecule has 4 heterocycles. The van der Waals surface area contributed by atoms with Crippen molar-refractivity contribution in [3.63, 3.8) is 0 Å². The number of benzene rings is 1. The molecule has 5 rings (SSSR count). The maximum Gasteiger partial charge on any atom is 0.397 e. The minimum absolute atomic E-state index is 0.279. The van der Waals surface area contributed by atoms with Crippen molar-refractivity contribution in [2.75, 3.05) is 31.5 Å². The highest BCUT2D eigenvalue weighted by molar-refractivity contribution is 5.83. The number of aromatic amines is 1. The Morgan fingerprint density at radius 1 is 1.05 bits per heavy atom. The fourth-order valence-electron chi connectivity index (χ4n) is 4.44. The summed E-state index contributed by atoms with van der Waals surface area (Å²) in [6.07, 6.45) is -1.78. The average molecular weight is 525 g/mol. The van der Waals surface area contributed by atoms with Crippen molar-refractivity contribution in [2.45, 2.75) is 32.5 Å². The zero-order valence-corrected chi connectivity index (χ0v) is 20.8. The van der Waals surface area contributed by atoms with E-state index in [1.807, 2.05) is 36.4 Å². The first-order valence-electron chi connectivity index (χ1n) is 12.4. The van der Waals surface area contributed by atoms with E-state index in [-0.39, 0.29) is 13.1 Å². The summed E-state index contributed by atoms with van der Waals surface area (Å²) < 4.78 is 37.5. The summed E-state index contributed by atoms with van der Waals surface area (Å²) in [6.45, 7) is 4.22. The van der Waals surface area contributed by atoms with Gasteiger partial charge >= 0.3 is 6.18 Å². The number of hydrogen-bond donors (Lipinski definition) is 2. The standard InChI is InChI=1S/C26H27F3N8O/c1-2-19-13-21(32-16-31-19)18-3-4-20-22(12-18)34-25(33-20)35-23-11-17(5-6-30-23)15-36-7-9-37(10-8-36)24(38)14-26(27,28)29/h3-6,11-13,16H,2,7-10,14-15H2,1H3,(H2,30,33,34,35). The van der Waals surface area contributed by atoms with E-state index in [2.05, 4.69) is 42.1 Å². The first-order valence-corrected chi connectivity index (χ1v) is 12.4. The lowest BCUT2D eigenvalue weighted by Gasteiger charge is -2.35. The van der Waals surface area contributed by atoms with Gasteiger partial charge in [0.1, 0.15) is 18.6 Å². The summed E-state index contributed by atoms with van der Waals surface area (Å²) in [5.74, 6) is 0.299. The Balaban J connectivity index is 1.21. The molecule has 3 aromatic heterocycles. The predicted molar refractivity (Wildman–Crippen MR) is 137 cm³/mol. The molecule has 1 aromatic carbocycles. The Labute approximate surface area is 217 Å². The molecule has 0 aliphatic carbocycles. The molecule has 4 aromatic rings. The number of imidazole rings is 1. The number of carbonyl (C=O) groups excluding carboxylic acids is 1. The van der Waals surface area contributed by atoms with Gasteiger partial charge in [-0.1, -0.05) is 13.0 Å². The molecule has 1 fully saturated rings. The molecule has 9 nitrogen and oxygen atoms in total. The van der Waals surface area contributed by atoms with Crippen molar-refractivity contribution < 1.29 is 18.0 Å². The van der Waals surface area contributed by atoms with Gasteiger partial charge < -0.3 is 15.2 Å². The van der Waals surface area contributed by atoms with Crippen molar-refractivity contribution in [1.29, 1.82) is 0 Å². The van der Waals surface area contributed by atoms with Gasteiger partial charge in [0, 0.05) is 50.2 Å². The SMILES string of the molecule is CCc1cc(-c2ccc3nc(Nc4cc(CN5CCN(C(=O)CC(F)(F)F)CC5)ccn4)[nH]c3c2)ncn1. The highest BCUT2D eigenvalue weighted by Crippen LogP contribution is 2.25. The highest BCUT2D eigenvalue weighted by atomic mass is 19.4. The van der Waals surface area contributed by atoms with E-state index in [1.165, 1.54) is 4.90 Å². The van der Waals surface area contributed by atoms with Gasteiger partial charge in [-0.3, -0.25) is 9.69 Å². The molecule has 0 unspecified atom stereocenters. The van der Waals surface area contributed by atoms with E-state index in [1.54, 1.807) is 12.5 Å². The van der Waals surface area contributed by atoms with Gasteiger partial charge in [-0.15, -0.1) is 0 Å². The van der Waals surface area contributed by atoms with E-state index in [9.17, 15) is 18.0 Å². The first kappa shape index (κ1) is 25.6. The van der Waals surface area contributed by atoms with Crippen LogP contribution in [-0.2, 0) is 17.8 Å². The van der Waals surface area contributed by atoms with E-state index in [0.717, 1.165) is 40.0 Å². The second-order valence-corrected chi connectivity index (χ2v) is 9.19. The minimum atomic E-state index is -4.48. The summed E-state index contributed by atoms with van der Waals surface area (Å²) in [5.41, 5.74) is 5.44. The van der Waals surface area contributed by atoms with Gasteiger partial charge in [0.05, 0.1) is 16.7 Å². The lowest BCUT2D eigenvalue weighted by atomic mass is 10.1. The number of nitrogens with zero attached hydrogens (tertiary/aromatic N) is 6. The molecule has 1 amide bonds. The molecule has 0 radical (unpaired) electrons. The molecule has 0 bridgehead atoms. The number of hydrogen-bond acceptors (Lipinski definition) is 7. The summed E-state index contributed by atoms with van der Waals surface area (Å²) >= 11 is 0. The third-order valence-corrected chi connectivity index (χ3v) is 6.42. The van der Waals surface area contributed by atoms with Crippen LogP contribution in [0.4, 0.5) is 24.9 Å². The van der Waals surface area contributed by atoms with Crippen LogP contribution >= 0.6 is 0 Å². The normalized spacial score (nSPS) is 14.7. The van der Waals surface area contributed by atoms with E-state index in [0.29, 0.717) is 31.4 Å². The van der Waals surface area contributed by atoms with Crippen LogP contribution in [0.2, 0.25) is 0 Å². The van der Waals surface area contributed by atoms with E-state index in [4.69, 9.17) is 0 Å². The Bertz CT molecular complexity index is 1430. The van der Waals surface area contributed by atoms with Crippen molar-refractivity contribution in [3.8, 4) is 11.3 Å². The molecule has 1 aliphatic heterocycles. The van der Waals surface area contributed by atoms with E-state index < -0.39 is 18.5 Å². The van der Waals surface area contributed by atoms with Crippen LogP contribution in [-0.4, -0.2) is 73.0 Å². The van der Waals surface area contributed by atoms with Crippen LogP contribution in [0.25, 0.3) is 22.3 Å². The number of alkyl halides is 3. The third kappa shape index (κ3) is 6.25. The molecule has 0 spiro atoms. The monoisotopic (exact) mass is 524 g/mol. The maximum absolute atomic E-state index is 12.5. The Morgan fingerprint density at radius 2 is 1.87 bits per heavy atom. The molecule has 1 aliphatic rings. The zero-order valence-electron chi connectivity index (χ0n) is 20.8. The second-order valence-electron chi connectivity index (χ2n) is 9.19. The number of halogens is 3. The van der Waals surface area contributed by atoms with Gasteiger partial charge in [0.2, 0.25) is 11.9 Å². The summed E-state index contributed by atoms with van der Waals surface area (Å²) in [5, 5.41) is 3.21.